The van der Waals surface area contributed by atoms with Crippen molar-refractivity contribution >= 4 is 39.8 Å². The molecule has 3 rings (SSSR count). The molecule has 1 aromatic carbocycles. The molecule has 0 atom stereocenters. The molecule has 0 saturated heterocycles. The second-order valence-electron chi connectivity index (χ2n) is 6.05. The van der Waals surface area contributed by atoms with E-state index >= 15 is 0 Å². The van der Waals surface area contributed by atoms with Gasteiger partial charge >= 0.3 is 5.97 Å². The van der Waals surface area contributed by atoms with Crippen LogP contribution in [0.1, 0.15) is 34.9 Å². The molecular weight excluding hydrogens is 332 g/mol. The summed E-state index contributed by atoms with van der Waals surface area (Å²) in [6.07, 6.45) is 0.958. The van der Waals surface area contributed by atoms with Gasteiger partial charge < -0.3 is 10.1 Å². The van der Waals surface area contributed by atoms with Crippen molar-refractivity contribution in [2.45, 2.75) is 27.2 Å². The molecule has 120 valence electrons. The van der Waals surface area contributed by atoms with E-state index in [1.165, 1.54) is 11.3 Å². The van der Waals surface area contributed by atoms with Crippen molar-refractivity contribution in [1.82, 2.24) is 9.97 Å². The van der Waals surface area contributed by atoms with Gasteiger partial charge in [-0.05, 0) is 37.5 Å². The van der Waals surface area contributed by atoms with Gasteiger partial charge in [-0.25, -0.2) is 9.78 Å². The summed E-state index contributed by atoms with van der Waals surface area (Å²) in [5.41, 5.74) is 3.44. The average Bonchev–Trinajstić information content (AvgIpc) is 3.01. The lowest BCUT2D eigenvalue weighted by Crippen LogP contribution is -1.94. The number of aromatic amines is 1. The van der Waals surface area contributed by atoms with E-state index < -0.39 is 5.97 Å². The molecule has 6 heteroatoms. The van der Waals surface area contributed by atoms with E-state index in [2.05, 4.69) is 29.9 Å². The molecule has 2 heterocycles. The number of nitrogens with one attached hydrogen (secondary N) is 1. The number of H-pyrrole nitrogens is 1. The van der Waals surface area contributed by atoms with Crippen LogP contribution in [0.15, 0.2) is 18.2 Å². The molecule has 0 unspecified atom stereocenters. The lowest BCUT2D eigenvalue weighted by Gasteiger charge is -2.00. The smallest absolute Gasteiger partial charge is 0.347 e. The molecule has 2 aromatic heterocycles. The molecule has 0 aliphatic carbocycles. The lowest BCUT2D eigenvalue weighted by atomic mass is 10.1. The molecule has 0 aliphatic rings. The highest BCUT2D eigenvalue weighted by atomic mass is 35.5. The first-order chi connectivity index (χ1) is 10.8. The molecule has 0 amide bonds. The highest BCUT2D eigenvalue weighted by molar-refractivity contribution is 7.17. The fourth-order valence-corrected chi connectivity index (χ4v) is 3.82. The van der Waals surface area contributed by atoms with E-state index in [-0.39, 0.29) is 4.88 Å². The number of benzene rings is 1. The maximum absolute atomic E-state index is 11.2. The molecule has 0 saturated carbocycles. The van der Waals surface area contributed by atoms with E-state index in [1.807, 2.05) is 12.1 Å². The highest BCUT2D eigenvalue weighted by Crippen LogP contribution is 2.34. The first-order valence-corrected chi connectivity index (χ1v) is 8.57. The first-order valence-electron chi connectivity index (χ1n) is 7.37. The van der Waals surface area contributed by atoms with Gasteiger partial charge in [-0.3, -0.25) is 0 Å². The van der Waals surface area contributed by atoms with Gasteiger partial charge in [0.15, 0.2) is 0 Å². The number of carbonyl (C=O) groups is 1. The number of aryl methyl sites for hydroxylation is 1. The third-order valence-corrected chi connectivity index (χ3v) is 5.09. The summed E-state index contributed by atoms with van der Waals surface area (Å²) in [6.45, 7) is 6.05. The number of nitrogens with zero attached hydrogens (tertiary/aromatic N) is 1. The van der Waals surface area contributed by atoms with E-state index in [0.29, 0.717) is 21.6 Å². The normalized spacial score (nSPS) is 11.5. The SMILES string of the molecule is Cc1nc(-c2cc(Cl)c3[nH]c(CC(C)C)cc3c2)sc1C(=O)O. The number of aromatic nitrogens is 2. The van der Waals surface area contributed by atoms with Crippen molar-refractivity contribution < 1.29 is 9.90 Å². The fourth-order valence-electron chi connectivity index (χ4n) is 2.65. The number of carboxylic acids is 1. The Bertz CT molecular complexity index is 896. The van der Waals surface area contributed by atoms with Gasteiger partial charge in [-0.15, -0.1) is 11.3 Å². The van der Waals surface area contributed by atoms with Gasteiger partial charge in [0.1, 0.15) is 9.88 Å². The van der Waals surface area contributed by atoms with Crippen LogP contribution < -0.4 is 0 Å². The maximum atomic E-state index is 11.2. The first kappa shape index (κ1) is 16.0. The zero-order valence-corrected chi connectivity index (χ0v) is 14.7. The summed E-state index contributed by atoms with van der Waals surface area (Å²) in [6, 6.07) is 5.94. The Morgan fingerprint density at radius 2 is 2.13 bits per heavy atom. The molecule has 4 nitrogen and oxygen atoms in total. The Balaban J connectivity index is 2.08. The van der Waals surface area contributed by atoms with Crippen molar-refractivity contribution in [2.24, 2.45) is 5.92 Å². The van der Waals surface area contributed by atoms with Crippen LogP contribution in [0.2, 0.25) is 5.02 Å². The number of hydrogen-bond donors (Lipinski definition) is 2. The molecule has 0 aliphatic heterocycles. The Kier molecular flexibility index (Phi) is 4.17. The van der Waals surface area contributed by atoms with E-state index in [4.69, 9.17) is 11.6 Å². The largest absolute Gasteiger partial charge is 0.477 e. The Morgan fingerprint density at radius 3 is 2.74 bits per heavy atom. The minimum atomic E-state index is -0.945. The Labute approximate surface area is 143 Å². The van der Waals surface area contributed by atoms with Gasteiger partial charge in [0.05, 0.1) is 16.2 Å². The van der Waals surface area contributed by atoms with Crippen LogP contribution in [0.25, 0.3) is 21.5 Å². The number of rotatable bonds is 4. The van der Waals surface area contributed by atoms with Crippen LogP contribution in [-0.2, 0) is 6.42 Å². The van der Waals surface area contributed by atoms with Gasteiger partial charge in [0, 0.05) is 16.6 Å². The van der Waals surface area contributed by atoms with Gasteiger partial charge in [-0.1, -0.05) is 25.4 Å². The number of hydrogen-bond acceptors (Lipinski definition) is 3. The molecule has 0 spiro atoms. The maximum Gasteiger partial charge on any atom is 0.347 e. The van der Waals surface area contributed by atoms with Crippen molar-refractivity contribution in [1.29, 1.82) is 0 Å². The van der Waals surface area contributed by atoms with Crippen molar-refractivity contribution in [3.8, 4) is 10.6 Å². The standard InChI is InChI=1S/C17H17ClN2O2S/c1-8(2)4-12-6-10-5-11(7-13(18)14(10)20-12)16-19-9(3)15(23-16)17(21)22/h5-8,20H,4H2,1-3H3,(H,21,22). The van der Waals surface area contributed by atoms with Crippen LogP contribution >= 0.6 is 22.9 Å². The molecule has 0 bridgehead atoms. The van der Waals surface area contributed by atoms with Crippen molar-refractivity contribution in [3.63, 3.8) is 0 Å². The zero-order chi connectivity index (χ0) is 16.7. The number of thiazole rings is 1. The Morgan fingerprint density at radius 1 is 1.39 bits per heavy atom. The number of carboxylic acid groups (broad SMARTS) is 1. The summed E-state index contributed by atoms with van der Waals surface area (Å²) < 4.78 is 0. The van der Waals surface area contributed by atoms with E-state index in [1.54, 1.807) is 6.92 Å². The summed E-state index contributed by atoms with van der Waals surface area (Å²) >= 11 is 7.58. The summed E-state index contributed by atoms with van der Waals surface area (Å²) in [4.78, 5) is 19.2. The third kappa shape index (κ3) is 3.12. The van der Waals surface area contributed by atoms with Crippen LogP contribution in [0, 0.1) is 12.8 Å². The van der Waals surface area contributed by atoms with Crippen molar-refractivity contribution in [3.05, 3.63) is 39.5 Å². The summed E-state index contributed by atoms with van der Waals surface area (Å²) in [5, 5.41) is 11.5. The fraction of sp³-hybridized carbons (Fsp3) is 0.294. The minimum Gasteiger partial charge on any atom is -0.477 e. The molecule has 0 fully saturated rings. The van der Waals surface area contributed by atoms with Crippen LogP contribution in [0.4, 0.5) is 0 Å². The van der Waals surface area contributed by atoms with E-state index in [0.717, 1.165) is 28.6 Å². The molecule has 3 aromatic rings. The predicted molar refractivity (Wildman–Crippen MR) is 94.7 cm³/mol. The van der Waals surface area contributed by atoms with Gasteiger partial charge in [-0.2, -0.15) is 0 Å². The number of fused-ring (bicyclic) bond motifs is 1. The second-order valence-corrected chi connectivity index (χ2v) is 7.46. The minimum absolute atomic E-state index is 0.269. The molecular formula is C17H17ClN2O2S. The summed E-state index contributed by atoms with van der Waals surface area (Å²) in [5.74, 6) is -0.389. The van der Waals surface area contributed by atoms with E-state index in [9.17, 15) is 9.90 Å². The van der Waals surface area contributed by atoms with Crippen LogP contribution in [-0.4, -0.2) is 21.0 Å². The Hall–Kier alpha value is -1.85. The predicted octanol–water partition coefficient (Wildman–Crippen LogP) is 5.15. The molecule has 0 radical (unpaired) electrons. The zero-order valence-electron chi connectivity index (χ0n) is 13.1. The highest BCUT2D eigenvalue weighted by Gasteiger charge is 2.16. The monoisotopic (exact) mass is 348 g/mol. The molecule has 23 heavy (non-hydrogen) atoms. The number of aromatic carboxylic acids is 1. The molecule has 2 N–H and O–H groups in total. The quantitative estimate of drug-likeness (QED) is 0.685. The number of halogens is 1. The van der Waals surface area contributed by atoms with Crippen LogP contribution in [0.5, 0.6) is 0 Å². The summed E-state index contributed by atoms with van der Waals surface area (Å²) in [7, 11) is 0. The lowest BCUT2D eigenvalue weighted by molar-refractivity contribution is 0.0701. The average molecular weight is 349 g/mol. The van der Waals surface area contributed by atoms with Gasteiger partial charge in [0.25, 0.3) is 0 Å². The second kappa shape index (κ2) is 5.98. The van der Waals surface area contributed by atoms with Crippen molar-refractivity contribution in [2.75, 3.05) is 0 Å². The van der Waals surface area contributed by atoms with Gasteiger partial charge in [0.2, 0.25) is 0 Å². The third-order valence-electron chi connectivity index (χ3n) is 3.60. The van der Waals surface area contributed by atoms with Crippen LogP contribution in [0.3, 0.4) is 0 Å². The topological polar surface area (TPSA) is 66.0 Å².